The SMILES string of the molecule is N#C[C@@H]1[C@H]2c3ccccc3C(=O)[C@H]2[C@H](C#N)[C@]12Cc1ccccc1C2=O. The van der Waals surface area contributed by atoms with Crippen molar-refractivity contribution in [1.29, 1.82) is 10.5 Å². The Balaban J connectivity index is 1.76. The van der Waals surface area contributed by atoms with E-state index in [1.54, 1.807) is 24.3 Å². The van der Waals surface area contributed by atoms with Crippen LogP contribution in [-0.2, 0) is 6.42 Å². The van der Waals surface area contributed by atoms with E-state index in [0.29, 0.717) is 17.5 Å². The van der Waals surface area contributed by atoms with Crippen LogP contribution >= 0.6 is 0 Å². The van der Waals surface area contributed by atoms with Crippen molar-refractivity contribution in [3.8, 4) is 12.1 Å². The van der Waals surface area contributed by atoms with Gasteiger partial charge >= 0.3 is 0 Å². The molecule has 0 unspecified atom stereocenters. The number of carbonyl (C=O) groups excluding carboxylic acids is 2. The molecule has 0 heterocycles. The van der Waals surface area contributed by atoms with Crippen molar-refractivity contribution in [3.05, 3.63) is 70.8 Å². The van der Waals surface area contributed by atoms with Crippen LogP contribution in [0.2, 0.25) is 0 Å². The number of Topliss-reactive ketones (excluding diaryl/α,β-unsaturated/α-hetero) is 2. The van der Waals surface area contributed by atoms with Crippen LogP contribution in [0.5, 0.6) is 0 Å². The first-order chi connectivity index (χ1) is 12.6. The van der Waals surface area contributed by atoms with E-state index in [0.717, 1.165) is 11.1 Å². The molecule has 4 heteroatoms. The third-order valence-electron chi connectivity index (χ3n) is 6.55. The molecule has 1 spiro atoms. The minimum absolute atomic E-state index is 0.0990. The van der Waals surface area contributed by atoms with Crippen molar-refractivity contribution in [3.63, 3.8) is 0 Å². The van der Waals surface area contributed by atoms with Gasteiger partial charge in [0.2, 0.25) is 0 Å². The highest BCUT2D eigenvalue weighted by Crippen LogP contribution is 2.65. The third kappa shape index (κ3) is 1.49. The molecular weight excluding hydrogens is 324 g/mol. The Morgan fingerprint density at radius 1 is 0.846 bits per heavy atom. The molecule has 0 bridgehead atoms. The van der Waals surface area contributed by atoms with Crippen LogP contribution in [0.4, 0.5) is 0 Å². The molecule has 0 aliphatic heterocycles. The van der Waals surface area contributed by atoms with Crippen LogP contribution < -0.4 is 0 Å². The summed E-state index contributed by atoms with van der Waals surface area (Å²) in [7, 11) is 0. The van der Waals surface area contributed by atoms with Crippen LogP contribution in [0.25, 0.3) is 0 Å². The maximum Gasteiger partial charge on any atom is 0.172 e. The third-order valence-corrected chi connectivity index (χ3v) is 6.55. The molecule has 5 atom stereocenters. The van der Waals surface area contributed by atoms with Gasteiger partial charge in [0, 0.05) is 23.0 Å². The number of benzene rings is 2. The molecule has 1 saturated carbocycles. The minimum atomic E-state index is -1.12. The molecule has 2 aromatic rings. The van der Waals surface area contributed by atoms with E-state index in [2.05, 4.69) is 12.1 Å². The molecule has 0 aromatic heterocycles. The van der Waals surface area contributed by atoms with Gasteiger partial charge in [0.1, 0.15) is 0 Å². The van der Waals surface area contributed by atoms with Crippen LogP contribution in [0.3, 0.4) is 0 Å². The fourth-order valence-corrected chi connectivity index (χ4v) is 5.56. The maximum absolute atomic E-state index is 13.4. The number of nitrogens with zero attached hydrogens (tertiary/aromatic N) is 2. The lowest BCUT2D eigenvalue weighted by atomic mass is 9.67. The summed E-state index contributed by atoms with van der Waals surface area (Å²) in [6, 6.07) is 19.2. The second-order valence-corrected chi connectivity index (χ2v) is 7.42. The predicted molar refractivity (Wildman–Crippen MR) is 92.1 cm³/mol. The first-order valence-corrected chi connectivity index (χ1v) is 8.70. The zero-order valence-electron chi connectivity index (χ0n) is 13.8. The van der Waals surface area contributed by atoms with Gasteiger partial charge in [-0.15, -0.1) is 0 Å². The standard InChI is InChI=1S/C22H14N2O2/c23-10-16-18-14-7-3-4-8-15(14)20(25)19(18)17(11-24)22(16)9-12-5-1-2-6-13(12)21(22)26/h1-8,16-19H,9H2/t16-,17+,18-,19+,22+/m1/s1. The molecule has 0 radical (unpaired) electrons. The van der Waals surface area contributed by atoms with Crippen molar-refractivity contribution >= 4 is 11.6 Å². The zero-order valence-corrected chi connectivity index (χ0v) is 13.8. The van der Waals surface area contributed by atoms with Gasteiger partial charge in [-0.2, -0.15) is 10.5 Å². The summed E-state index contributed by atoms with van der Waals surface area (Å²) in [5.41, 5.74) is 1.76. The van der Waals surface area contributed by atoms with E-state index in [-0.39, 0.29) is 17.5 Å². The van der Waals surface area contributed by atoms with E-state index in [9.17, 15) is 20.1 Å². The largest absolute Gasteiger partial charge is 0.294 e. The molecule has 2 aromatic carbocycles. The Bertz CT molecular complexity index is 1070. The lowest BCUT2D eigenvalue weighted by molar-refractivity contribution is 0.0710. The summed E-state index contributed by atoms with van der Waals surface area (Å²) >= 11 is 0. The molecule has 3 aliphatic rings. The molecular formula is C22H14N2O2. The summed E-state index contributed by atoms with van der Waals surface area (Å²) in [6.07, 6.45) is 0.362. The van der Waals surface area contributed by atoms with Crippen molar-refractivity contribution in [2.45, 2.75) is 12.3 Å². The maximum atomic E-state index is 13.4. The van der Waals surface area contributed by atoms with Crippen molar-refractivity contribution in [1.82, 2.24) is 0 Å². The number of hydrogen-bond donors (Lipinski definition) is 0. The molecule has 124 valence electrons. The minimum Gasteiger partial charge on any atom is -0.294 e. The Kier molecular flexibility index (Phi) is 2.83. The van der Waals surface area contributed by atoms with Gasteiger partial charge < -0.3 is 0 Å². The van der Waals surface area contributed by atoms with E-state index in [1.807, 2.05) is 24.3 Å². The predicted octanol–water partition coefficient (Wildman–Crippen LogP) is 3.30. The monoisotopic (exact) mass is 338 g/mol. The highest BCUT2D eigenvalue weighted by Gasteiger charge is 2.70. The Hall–Kier alpha value is -3.24. The smallest absolute Gasteiger partial charge is 0.172 e. The summed E-state index contributed by atoms with van der Waals surface area (Å²) in [6.45, 7) is 0. The summed E-state index contributed by atoms with van der Waals surface area (Å²) < 4.78 is 0. The fraction of sp³-hybridized carbons (Fsp3) is 0.273. The lowest BCUT2D eigenvalue weighted by Gasteiger charge is -2.30. The van der Waals surface area contributed by atoms with Crippen molar-refractivity contribution in [2.75, 3.05) is 0 Å². The lowest BCUT2D eigenvalue weighted by Crippen LogP contribution is -2.40. The Labute approximate surface area is 150 Å². The van der Waals surface area contributed by atoms with Gasteiger partial charge in [0.05, 0.1) is 29.4 Å². The highest BCUT2D eigenvalue weighted by atomic mass is 16.1. The van der Waals surface area contributed by atoms with Crippen molar-refractivity contribution < 1.29 is 9.59 Å². The molecule has 26 heavy (non-hydrogen) atoms. The summed E-state index contributed by atoms with van der Waals surface area (Å²) in [4.78, 5) is 26.5. The van der Waals surface area contributed by atoms with Crippen LogP contribution in [0.1, 0.15) is 37.8 Å². The summed E-state index contributed by atoms with van der Waals surface area (Å²) in [5, 5.41) is 20.0. The highest BCUT2D eigenvalue weighted by molar-refractivity contribution is 6.10. The second-order valence-electron chi connectivity index (χ2n) is 7.42. The first-order valence-electron chi connectivity index (χ1n) is 8.70. The van der Waals surface area contributed by atoms with Crippen molar-refractivity contribution in [2.24, 2.45) is 23.2 Å². The number of rotatable bonds is 0. The van der Waals surface area contributed by atoms with Crippen LogP contribution in [0, 0.1) is 45.8 Å². The molecule has 0 amide bonds. The normalized spacial score (nSPS) is 33.5. The van der Waals surface area contributed by atoms with Gasteiger partial charge in [0.15, 0.2) is 11.6 Å². The number of nitriles is 2. The quantitative estimate of drug-likeness (QED) is 0.738. The van der Waals surface area contributed by atoms with Gasteiger partial charge in [-0.1, -0.05) is 48.5 Å². The van der Waals surface area contributed by atoms with E-state index < -0.39 is 23.2 Å². The molecule has 4 nitrogen and oxygen atoms in total. The van der Waals surface area contributed by atoms with Gasteiger partial charge in [0.25, 0.3) is 0 Å². The average Bonchev–Trinajstić information content (AvgIpc) is 3.23. The number of hydrogen-bond acceptors (Lipinski definition) is 4. The molecule has 3 aliphatic carbocycles. The fourth-order valence-electron chi connectivity index (χ4n) is 5.56. The van der Waals surface area contributed by atoms with Crippen LogP contribution in [0.15, 0.2) is 48.5 Å². The molecule has 5 rings (SSSR count). The van der Waals surface area contributed by atoms with Gasteiger partial charge in [-0.05, 0) is 17.5 Å². The molecule has 0 N–H and O–H groups in total. The zero-order chi connectivity index (χ0) is 18.1. The van der Waals surface area contributed by atoms with Crippen LogP contribution in [-0.4, -0.2) is 11.6 Å². The Morgan fingerprint density at radius 2 is 1.46 bits per heavy atom. The average molecular weight is 338 g/mol. The van der Waals surface area contributed by atoms with Gasteiger partial charge in [-0.25, -0.2) is 0 Å². The van der Waals surface area contributed by atoms with E-state index in [4.69, 9.17) is 0 Å². The Morgan fingerprint density at radius 3 is 2.15 bits per heavy atom. The number of carbonyl (C=O) groups is 2. The van der Waals surface area contributed by atoms with E-state index in [1.165, 1.54) is 0 Å². The molecule has 1 fully saturated rings. The molecule has 0 saturated heterocycles. The first kappa shape index (κ1) is 15.0. The number of fused-ring (bicyclic) bond motifs is 4. The van der Waals surface area contributed by atoms with E-state index >= 15 is 0 Å². The number of ketones is 2. The van der Waals surface area contributed by atoms with Gasteiger partial charge in [-0.3, -0.25) is 9.59 Å². The topological polar surface area (TPSA) is 81.7 Å². The second kappa shape index (κ2) is 4.90. The summed E-state index contributed by atoms with van der Waals surface area (Å²) in [5.74, 6) is -2.70.